The number of benzene rings is 1. The first-order valence-corrected chi connectivity index (χ1v) is 8.23. The van der Waals surface area contributed by atoms with Crippen LogP contribution >= 0.6 is 12.4 Å². The molecule has 1 unspecified atom stereocenters. The molecule has 1 saturated heterocycles. The maximum atomic E-state index is 12.8. The number of alkyl halides is 3. The van der Waals surface area contributed by atoms with Crippen molar-refractivity contribution in [2.75, 3.05) is 26.2 Å². The van der Waals surface area contributed by atoms with Gasteiger partial charge in [0.1, 0.15) is 0 Å². The smallest absolute Gasteiger partial charge is 0.355 e. The van der Waals surface area contributed by atoms with E-state index in [0.29, 0.717) is 18.7 Å². The molecule has 1 aromatic carbocycles. The van der Waals surface area contributed by atoms with E-state index in [-0.39, 0.29) is 43.7 Å². The summed E-state index contributed by atoms with van der Waals surface area (Å²) >= 11 is 0. The molecule has 0 aromatic heterocycles. The van der Waals surface area contributed by atoms with Crippen LogP contribution in [0.2, 0.25) is 0 Å². The molecule has 0 bridgehead atoms. The fourth-order valence-electron chi connectivity index (χ4n) is 2.76. The fraction of sp³-hybridized carbons (Fsp3) is 0.529. The summed E-state index contributed by atoms with van der Waals surface area (Å²) in [7, 11) is 0. The van der Waals surface area contributed by atoms with Crippen LogP contribution in [0.4, 0.5) is 13.2 Å². The van der Waals surface area contributed by atoms with Crippen LogP contribution in [0.1, 0.15) is 24.5 Å². The number of carbonyl (C=O) groups is 2. The number of likely N-dealkylation sites (tertiary alicyclic amines) is 1. The van der Waals surface area contributed by atoms with Crippen molar-refractivity contribution >= 4 is 24.2 Å². The Morgan fingerprint density at radius 3 is 2.69 bits per heavy atom. The lowest BCUT2D eigenvalue weighted by Crippen LogP contribution is -2.36. The molecule has 0 spiro atoms. The first kappa shape index (κ1) is 22.2. The van der Waals surface area contributed by atoms with Crippen LogP contribution in [0.15, 0.2) is 24.3 Å². The van der Waals surface area contributed by atoms with Crippen LogP contribution < -0.4 is 10.6 Å². The van der Waals surface area contributed by atoms with Gasteiger partial charge in [0.25, 0.3) is 0 Å². The Kier molecular flexibility index (Phi) is 8.36. The van der Waals surface area contributed by atoms with Crippen molar-refractivity contribution in [3.63, 3.8) is 0 Å². The molecule has 2 N–H and O–H groups in total. The standard InChI is InChI=1S/C17H22F3N3O2.ClH/c1-2-21-6-7-22-16(25)13-9-15(24)23(11-13)10-12-4-3-5-14(8-12)17(18,19)20;/h3-5,8,13,21H,2,6-7,9-11H2,1H3,(H,22,25);1H. The highest BCUT2D eigenvalue weighted by Gasteiger charge is 2.35. The van der Waals surface area contributed by atoms with Gasteiger partial charge in [0.2, 0.25) is 11.8 Å². The van der Waals surface area contributed by atoms with Gasteiger partial charge in [-0.05, 0) is 24.2 Å². The average Bonchev–Trinajstić information content (AvgIpc) is 2.92. The molecule has 146 valence electrons. The predicted molar refractivity (Wildman–Crippen MR) is 93.8 cm³/mol. The van der Waals surface area contributed by atoms with Gasteiger partial charge in [-0.3, -0.25) is 9.59 Å². The normalized spacial score (nSPS) is 17.2. The first-order chi connectivity index (χ1) is 11.8. The second-order valence-corrected chi connectivity index (χ2v) is 6.02. The summed E-state index contributed by atoms with van der Waals surface area (Å²) in [6, 6.07) is 4.91. The second kappa shape index (κ2) is 9.78. The zero-order valence-corrected chi connectivity index (χ0v) is 15.3. The molecule has 2 rings (SSSR count). The van der Waals surface area contributed by atoms with Crippen LogP contribution in [0.3, 0.4) is 0 Å². The molecule has 1 atom stereocenters. The Morgan fingerprint density at radius 2 is 2.04 bits per heavy atom. The maximum absolute atomic E-state index is 12.8. The molecule has 1 fully saturated rings. The van der Waals surface area contributed by atoms with E-state index < -0.39 is 17.7 Å². The zero-order chi connectivity index (χ0) is 18.4. The van der Waals surface area contributed by atoms with Gasteiger partial charge in [-0.25, -0.2) is 0 Å². The Bertz CT molecular complexity index is 626. The lowest BCUT2D eigenvalue weighted by atomic mass is 10.1. The molecule has 1 aliphatic rings. The highest BCUT2D eigenvalue weighted by molar-refractivity contribution is 5.89. The zero-order valence-electron chi connectivity index (χ0n) is 14.4. The third-order valence-corrected chi connectivity index (χ3v) is 4.06. The van der Waals surface area contributed by atoms with Gasteiger partial charge in [-0.2, -0.15) is 13.2 Å². The summed E-state index contributed by atoms with van der Waals surface area (Å²) in [4.78, 5) is 25.6. The Balaban J connectivity index is 0.00000338. The van der Waals surface area contributed by atoms with Crippen LogP contribution in [0, 0.1) is 5.92 Å². The van der Waals surface area contributed by atoms with E-state index in [9.17, 15) is 22.8 Å². The lowest BCUT2D eigenvalue weighted by molar-refractivity contribution is -0.137. The number of nitrogens with one attached hydrogen (secondary N) is 2. The van der Waals surface area contributed by atoms with E-state index in [1.54, 1.807) is 6.07 Å². The Labute approximate surface area is 156 Å². The molecule has 26 heavy (non-hydrogen) atoms. The Morgan fingerprint density at radius 1 is 1.31 bits per heavy atom. The number of nitrogens with zero attached hydrogens (tertiary/aromatic N) is 1. The van der Waals surface area contributed by atoms with E-state index >= 15 is 0 Å². The quantitative estimate of drug-likeness (QED) is 0.698. The highest BCUT2D eigenvalue weighted by Crippen LogP contribution is 2.30. The van der Waals surface area contributed by atoms with Gasteiger partial charge < -0.3 is 15.5 Å². The minimum atomic E-state index is -4.42. The van der Waals surface area contributed by atoms with Gasteiger partial charge in [0.05, 0.1) is 11.5 Å². The summed E-state index contributed by atoms with van der Waals surface area (Å²) < 4.78 is 38.3. The molecule has 0 saturated carbocycles. The van der Waals surface area contributed by atoms with Gasteiger partial charge in [0, 0.05) is 32.6 Å². The molecule has 1 heterocycles. The molecule has 1 aliphatic heterocycles. The van der Waals surface area contributed by atoms with Crippen molar-refractivity contribution in [3.05, 3.63) is 35.4 Å². The fourth-order valence-corrected chi connectivity index (χ4v) is 2.76. The summed E-state index contributed by atoms with van der Waals surface area (Å²) in [5.41, 5.74) is -0.342. The van der Waals surface area contributed by atoms with Crippen LogP contribution in [-0.2, 0) is 22.3 Å². The molecule has 0 aliphatic carbocycles. The number of amides is 2. The summed E-state index contributed by atoms with van der Waals surface area (Å²) in [5, 5.41) is 5.84. The predicted octanol–water partition coefficient (Wildman–Crippen LogP) is 2.20. The third kappa shape index (κ3) is 6.17. The van der Waals surface area contributed by atoms with Crippen molar-refractivity contribution in [2.24, 2.45) is 5.92 Å². The molecule has 1 aromatic rings. The monoisotopic (exact) mass is 393 g/mol. The number of rotatable bonds is 7. The third-order valence-electron chi connectivity index (χ3n) is 4.06. The Hall–Kier alpha value is -1.80. The minimum Gasteiger partial charge on any atom is -0.355 e. The number of likely N-dealkylation sites (N-methyl/N-ethyl adjacent to an activating group) is 1. The first-order valence-electron chi connectivity index (χ1n) is 8.23. The van der Waals surface area contributed by atoms with Crippen molar-refractivity contribution < 1.29 is 22.8 Å². The molecule has 0 radical (unpaired) electrons. The number of carbonyl (C=O) groups excluding carboxylic acids is 2. The number of halogens is 4. The largest absolute Gasteiger partial charge is 0.416 e. The van der Waals surface area contributed by atoms with E-state index in [0.717, 1.165) is 18.7 Å². The summed E-state index contributed by atoms with van der Waals surface area (Å²) in [6.07, 6.45) is -4.33. The topological polar surface area (TPSA) is 61.4 Å². The van der Waals surface area contributed by atoms with Crippen molar-refractivity contribution in [2.45, 2.75) is 26.1 Å². The molecule has 9 heteroatoms. The average molecular weight is 394 g/mol. The molecule has 2 amide bonds. The van der Waals surface area contributed by atoms with Crippen molar-refractivity contribution in [1.82, 2.24) is 15.5 Å². The van der Waals surface area contributed by atoms with Gasteiger partial charge in [0.15, 0.2) is 0 Å². The number of hydrogen-bond acceptors (Lipinski definition) is 3. The summed E-state index contributed by atoms with van der Waals surface area (Å²) in [5.74, 6) is -0.873. The van der Waals surface area contributed by atoms with E-state index in [1.807, 2.05) is 6.92 Å². The molecular weight excluding hydrogens is 371 g/mol. The molecule has 5 nitrogen and oxygen atoms in total. The van der Waals surface area contributed by atoms with Crippen LogP contribution in [-0.4, -0.2) is 42.9 Å². The second-order valence-electron chi connectivity index (χ2n) is 6.02. The minimum absolute atomic E-state index is 0. The number of hydrogen-bond donors (Lipinski definition) is 2. The van der Waals surface area contributed by atoms with Gasteiger partial charge in [-0.1, -0.05) is 19.1 Å². The maximum Gasteiger partial charge on any atom is 0.416 e. The van der Waals surface area contributed by atoms with Crippen LogP contribution in [0.5, 0.6) is 0 Å². The van der Waals surface area contributed by atoms with Gasteiger partial charge in [-0.15, -0.1) is 12.4 Å². The van der Waals surface area contributed by atoms with Crippen molar-refractivity contribution in [1.29, 1.82) is 0 Å². The summed E-state index contributed by atoms with van der Waals surface area (Å²) in [6.45, 7) is 4.19. The lowest BCUT2D eigenvalue weighted by Gasteiger charge is -2.17. The van der Waals surface area contributed by atoms with Gasteiger partial charge >= 0.3 is 6.18 Å². The SMILES string of the molecule is CCNCCNC(=O)C1CC(=O)N(Cc2cccc(C(F)(F)F)c2)C1.Cl. The highest BCUT2D eigenvalue weighted by atomic mass is 35.5. The van der Waals surface area contributed by atoms with E-state index in [1.165, 1.54) is 11.0 Å². The van der Waals surface area contributed by atoms with Crippen molar-refractivity contribution in [3.8, 4) is 0 Å². The van der Waals surface area contributed by atoms with E-state index in [2.05, 4.69) is 10.6 Å². The van der Waals surface area contributed by atoms with Crippen LogP contribution in [0.25, 0.3) is 0 Å². The van der Waals surface area contributed by atoms with E-state index in [4.69, 9.17) is 0 Å². The molecular formula is C17H23ClF3N3O2.